The molecule has 0 aliphatic heterocycles. The molecule has 3 aliphatic rings. The predicted octanol–water partition coefficient (Wildman–Crippen LogP) is 1.30. The van der Waals surface area contributed by atoms with Crippen molar-refractivity contribution in [3.63, 3.8) is 0 Å². The Bertz CT molecular complexity index is 411. The Hall–Kier alpha value is 0.130. The number of methoxy groups -OCH3 is 2. The van der Waals surface area contributed by atoms with Crippen molar-refractivity contribution in [1.29, 1.82) is 0 Å². The molecule has 3 saturated carbocycles. The summed E-state index contributed by atoms with van der Waals surface area (Å²) in [6.07, 6.45) is 1.27. The Labute approximate surface area is 116 Å². The summed E-state index contributed by atoms with van der Waals surface area (Å²) < 4.78 is 10.9. The van der Waals surface area contributed by atoms with Crippen LogP contribution in [0, 0.1) is 11.8 Å². The normalized spacial score (nSPS) is 52.9. The van der Waals surface area contributed by atoms with E-state index in [1.807, 2.05) is 0 Å². The molecule has 0 saturated heterocycles. The third-order valence-corrected chi connectivity index (χ3v) is 6.58. The highest BCUT2D eigenvalue weighted by molar-refractivity contribution is 6.43. The van der Waals surface area contributed by atoms with Crippen molar-refractivity contribution in [3.8, 4) is 0 Å². The molecule has 0 amide bonds. The third-order valence-electron chi connectivity index (χ3n) is 5.13. The Morgan fingerprint density at radius 3 is 2.33 bits per heavy atom. The molecule has 6 heteroatoms. The Kier molecular flexibility index (Phi) is 2.63. The van der Waals surface area contributed by atoms with Crippen LogP contribution in [0.1, 0.15) is 19.3 Å². The largest absolute Gasteiger partial charge is 0.383 e. The van der Waals surface area contributed by atoms with Gasteiger partial charge in [0, 0.05) is 14.2 Å². The van der Waals surface area contributed by atoms with Crippen molar-refractivity contribution in [2.75, 3.05) is 14.2 Å². The molecule has 0 radical (unpaired) electrons. The molecule has 5 atom stereocenters. The molecule has 102 valence electrons. The molecule has 1 N–H and O–H groups in total. The Balaban J connectivity index is 2.26. The van der Waals surface area contributed by atoms with Gasteiger partial charge in [0.15, 0.2) is 10.7 Å². The fourth-order valence-electron chi connectivity index (χ4n) is 4.52. The maximum Gasteiger partial charge on any atom is 0.217 e. The highest BCUT2D eigenvalue weighted by atomic mass is 35.5. The zero-order valence-electron chi connectivity index (χ0n) is 10.3. The molecule has 0 unspecified atom stereocenters. The second-order valence-electron chi connectivity index (χ2n) is 5.42. The molecule has 3 rings (SSSR count). The van der Waals surface area contributed by atoms with E-state index < -0.39 is 27.4 Å². The smallest absolute Gasteiger partial charge is 0.217 e. The summed E-state index contributed by atoms with van der Waals surface area (Å²) in [6, 6.07) is 0. The van der Waals surface area contributed by atoms with Gasteiger partial charge in [-0.1, -0.05) is 6.42 Å². The topological polar surface area (TPSA) is 55.8 Å². The lowest BCUT2D eigenvalue weighted by atomic mass is 9.78. The first-order chi connectivity index (χ1) is 8.41. The Morgan fingerprint density at radius 2 is 1.78 bits per heavy atom. The van der Waals surface area contributed by atoms with Crippen LogP contribution in [0.2, 0.25) is 0 Å². The summed E-state index contributed by atoms with van der Waals surface area (Å²) in [5.74, 6) is -2.06. The number of hydrogen-bond acceptors (Lipinski definition) is 4. The molecule has 0 heterocycles. The van der Waals surface area contributed by atoms with E-state index in [0.717, 1.165) is 19.3 Å². The summed E-state index contributed by atoms with van der Waals surface area (Å²) in [6.45, 7) is 0. The molecule has 0 aromatic rings. The monoisotopic (exact) mass is 294 g/mol. The number of aliphatic hydroxyl groups is 1. The van der Waals surface area contributed by atoms with Crippen molar-refractivity contribution in [1.82, 2.24) is 0 Å². The molecule has 0 aromatic carbocycles. The van der Waals surface area contributed by atoms with E-state index in [9.17, 15) is 9.90 Å². The average Bonchev–Trinajstić information content (AvgIpc) is 2.94. The fraction of sp³-hybridized carbons (Fsp3) is 0.917. The van der Waals surface area contributed by atoms with Crippen molar-refractivity contribution < 1.29 is 19.4 Å². The summed E-state index contributed by atoms with van der Waals surface area (Å²) in [7, 11) is 2.84. The number of aliphatic hydroxyl groups excluding tert-OH is 1. The van der Waals surface area contributed by atoms with Gasteiger partial charge in [-0.2, -0.15) is 0 Å². The van der Waals surface area contributed by atoms with Gasteiger partial charge in [-0.3, -0.25) is 4.79 Å². The lowest BCUT2D eigenvalue weighted by molar-refractivity contribution is -0.229. The van der Waals surface area contributed by atoms with Crippen LogP contribution in [-0.2, 0) is 14.3 Å². The fourth-order valence-corrected chi connectivity index (χ4v) is 5.90. The lowest BCUT2D eigenvalue weighted by Gasteiger charge is -2.40. The minimum absolute atomic E-state index is 0.0516. The molecule has 3 fully saturated rings. The minimum Gasteiger partial charge on any atom is -0.383 e. The second kappa shape index (κ2) is 3.61. The van der Waals surface area contributed by atoms with Crippen LogP contribution in [0.3, 0.4) is 0 Å². The van der Waals surface area contributed by atoms with Crippen LogP contribution >= 0.6 is 23.2 Å². The number of Topliss-reactive ketones (excluding diaryl/α,β-unsaturated/α-hetero) is 1. The van der Waals surface area contributed by atoms with E-state index in [1.54, 1.807) is 0 Å². The van der Waals surface area contributed by atoms with E-state index >= 15 is 0 Å². The summed E-state index contributed by atoms with van der Waals surface area (Å²) >= 11 is 13.3. The van der Waals surface area contributed by atoms with E-state index in [4.69, 9.17) is 32.7 Å². The maximum atomic E-state index is 12.3. The van der Waals surface area contributed by atoms with E-state index in [0.29, 0.717) is 0 Å². The van der Waals surface area contributed by atoms with Gasteiger partial charge >= 0.3 is 0 Å². The number of ketones is 1. The van der Waals surface area contributed by atoms with Crippen molar-refractivity contribution in [3.05, 3.63) is 0 Å². The second-order valence-corrected chi connectivity index (χ2v) is 6.64. The number of rotatable bonds is 2. The van der Waals surface area contributed by atoms with E-state index in [1.165, 1.54) is 14.2 Å². The van der Waals surface area contributed by atoms with Gasteiger partial charge in [0.25, 0.3) is 0 Å². The van der Waals surface area contributed by atoms with Gasteiger partial charge in [-0.15, -0.1) is 23.2 Å². The lowest BCUT2D eigenvalue weighted by Crippen LogP contribution is -2.58. The zero-order valence-corrected chi connectivity index (χ0v) is 11.8. The molecule has 4 nitrogen and oxygen atoms in total. The molecule has 0 spiro atoms. The number of carbonyl (C=O) groups is 1. The summed E-state index contributed by atoms with van der Waals surface area (Å²) in [5.41, 5.74) is 0. The Morgan fingerprint density at radius 1 is 1.22 bits per heavy atom. The van der Waals surface area contributed by atoms with Gasteiger partial charge in [0.05, 0.1) is 0 Å². The van der Waals surface area contributed by atoms with Gasteiger partial charge < -0.3 is 14.6 Å². The number of hydrogen-bond donors (Lipinski definition) is 1. The van der Waals surface area contributed by atoms with Crippen molar-refractivity contribution in [2.45, 2.75) is 40.9 Å². The standard InChI is InChI=1S/C12H16Cl2O4/c1-17-12(18-2)10(13)6-4-3-5-7(6)11(12,14)9(16)8(10)15/h6-8,15H,3-5H2,1-2H3/t6-,7+,8+,10-,11+/m0/s1. The van der Waals surface area contributed by atoms with E-state index in [2.05, 4.69) is 0 Å². The molecule has 18 heavy (non-hydrogen) atoms. The summed E-state index contributed by atoms with van der Waals surface area (Å²) in [4.78, 5) is 9.69. The highest BCUT2D eigenvalue weighted by Gasteiger charge is 2.89. The number of alkyl halides is 2. The highest BCUT2D eigenvalue weighted by Crippen LogP contribution is 2.72. The van der Waals surface area contributed by atoms with Gasteiger partial charge in [0.1, 0.15) is 11.0 Å². The van der Waals surface area contributed by atoms with Gasteiger partial charge in [-0.05, 0) is 24.7 Å². The van der Waals surface area contributed by atoms with Gasteiger partial charge in [-0.25, -0.2) is 0 Å². The predicted molar refractivity (Wildman–Crippen MR) is 65.8 cm³/mol. The SMILES string of the molecule is COC1(OC)[C@@]2(Cl)[C@H](O)C(=O)[C@]1(Cl)[C@@H]1CCC[C@@H]12. The minimum atomic E-state index is -1.45. The first-order valence-corrected chi connectivity index (χ1v) is 6.88. The number of fused-ring (bicyclic) bond motifs is 5. The molecule has 3 aliphatic carbocycles. The molecule has 2 bridgehead atoms. The number of halogens is 2. The number of carbonyl (C=O) groups excluding carboxylic acids is 1. The zero-order chi connectivity index (χ0) is 13.3. The van der Waals surface area contributed by atoms with Crippen LogP contribution in [0.5, 0.6) is 0 Å². The van der Waals surface area contributed by atoms with Crippen molar-refractivity contribution >= 4 is 29.0 Å². The summed E-state index contributed by atoms with van der Waals surface area (Å²) in [5, 5.41) is 10.2. The third kappa shape index (κ3) is 0.957. The maximum absolute atomic E-state index is 12.3. The number of ether oxygens (including phenoxy) is 2. The molecular weight excluding hydrogens is 279 g/mol. The molecular formula is C12H16Cl2O4. The molecule has 0 aromatic heterocycles. The average molecular weight is 295 g/mol. The van der Waals surface area contributed by atoms with Crippen LogP contribution < -0.4 is 0 Å². The quantitative estimate of drug-likeness (QED) is 0.616. The van der Waals surface area contributed by atoms with Crippen LogP contribution in [0.4, 0.5) is 0 Å². The van der Waals surface area contributed by atoms with Gasteiger partial charge in [0.2, 0.25) is 5.79 Å². The first kappa shape index (κ1) is 13.1. The van der Waals surface area contributed by atoms with Crippen LogP contribution in [-0.4, -0.2) is 46.7 Å². The first-order valence-electron chi connectivity index (χ1n) is 6.12. The van der Waals surface area contributed by atoms with Crippen LogP contribution in [0.15, 0.2) is 0 Å². The van der Waals surface area contributed by atoms with Crippen molar-refractivity contribution in [2.24, 2.45) is 11.8 Å². The van der Waals surface area contributed by atoms with Crippen LogP contribution in [0.25, 0.3) is 0 Å². The van der Waals surface area contributed by atoms with E-state index in [-0.39, 0.29) is 11.8 Å².